The van der Waals surface area contributed by atoms with Gasteiger partial charge < -0.3 is 4.74 Å². The van der Waals surface area contributed by atoms with Crippen molar-refractivity contribution in [2.45, 2.75) is 26.1 Å². The van der Waals surface area contributed by atoms with E-state index in [0.29, 0.717) is 4.90 Å². The number of alkyl halides is 3. The number of nitrogens with zero attached hydrogens (tertiary/aromatic N) is 1. The minimum Gasteiger partial charge on any atom is -0.453 e. The zero-order valence-corrected chi connectivity index (χ0v) is 7.68. The number of ether oxygens (including phenoxy) is 1. The van der Waals surface area contributed by atoms with Crippen molar-refractivity contribution in [3.05, 3.63) is 0 Å². The van der Waals surface area contributed by atoms with Gasteiger partial charge in [-0.2, -0.15) is 13.2 Å². The average Bonchev–Trinajstić information content (AvgIpc) is 1.96. The van der Waals surface area contributed by atoms with Gasteiger partial charge in [-0.25, -0.2) is 4.79 Å². The van der Waals surface area contributed by atoms with Crippen molar-refractivity contribution < 1.29 is 22.7 Å². The van der Waals surface area contributed by atoms with Crippen LogP contribution < -0.4 is 0 Å². The lowest BCUT2D eigenvalue weighted by Crippen LogP contribution is -2.43. The van der Waals surface area contributed by atoms with Crippen LogP contribution in [0.15, 0.2) is 0 Å². The van der Waals surface area contributed by atoms with Gasteiger partial charge in [0.1, 0.15) is 6.54 Å². The Morgan fingerprint density at radius 2 is 1.92 bits per heavy atom. The molecule has 0 radical (unpaired) electrons. The minimum atomic E-state index is -4.39. The van der Waals surface area contributed by atoms with Crippen LogP contribution in [0.3, 0.4) is 0 Å². The second-order valence-electron chi connectivity index (χ2n) is 2.81. The van der Waals surface area contributed by atoms with Gasteiger partial charge in [0.25, 0.3) is 0 Å². The van der Waals surface area contributed by atoms with E-state index in [-0.39, 0.29) is 0 Å². The molecule has 6 heteroatoms. The number of amides is 1. The van der Waals surface area contributed by atoms with E-state index in [1.165, 1.54) is 13.8 Å². The Morgan fingerprint density at radius 1 is 1.46 bits per heavy atom. The van der Waals surface area contributed by atoms with E-state index in [9.17, 15) is 18.0 Å². The average molecular weight is 199 g/mol. The molecule has 0 rings (SSSR count). The van der Waals surface area contributed by atoms with Crippen LogP contribution in [0.2, 0.25) is 0 Å². The molecule has 0 aliphatic rings. The maximum Gasteiger partial charge on any atom is 0.410 e. The zero-order valence-electron chi connectivity index (χ0n) is 7.68. The topological polar surface area (TPSA) is 29.5 Å². The number of carbonyl (C=O) groups is 1. The number of hydrogen-bond acceptors (Lipinski definition) is 2. The lowest BCUT2D eigenvalue weighted by atomic mass is 10.3. The molecule has 0 unspecified atom stereocenters. The highest BCUT2D eigenvalue weighted by Gasteiger charge is 2.34. The molecule has 0 saturated carbocycles. The SMILES string of the molecule is COC(=O)N(CC(F)(F)F)C(C)C. The fourth-order valence-electron chi connectivity index (χ4n) is 0.768. The number of hydrogen-bond donors (Lipinski definition) is 0. The van der Waals surface area contributed by atoms with Crippen LogP contribution in [0.4, 0.5) is 18.0 Å². The molecule has 78 valence electrons. The van der Waals surface area contributed by atoms with Crippen molar-refractivity contribution in [1.82, 2.24) is 4.90 Å². The third-order valence-electron chi connectivity index (χ3n) is 1.38. The lowest BCUT2D eigenvalue weighted by Gasteiger charge is -2.25. The lowest BCUT2D eigenvalue weighted by molar-refractivity contribution is -0.145. The summed E-state index contributed by atoms with van der Waals surface area (Å²) in [4.78, 5) is 11.4. The summed E-state index contributed by atoms with van der Waals surface area (Å²) in [5, 5.41) is 0. The smallest absolute Gasteiger partial charge is 0.410 e. The molecular formula is C7H12F3NO2. The Hall–Kier alpha value is -0.940. The third kappa shape index (κ3) is 4.59. The van der Waals surface area contributed by atoms with Crippen molar-refractivity contribution in [1.29, 1.82) is 0 Å². The van der Waals surface area contributed by atoms with Gasteiger partial charge in [0, 0.05) is 6.04 Å². The molecule has 0 bridgehead atoms. The summed E-state index contributed by atoms with van der Waals surface area (Å²) in [6, 6.07) is -0.533. The molecule has 0 spiro atoms. The van der Waals surface area contributed by atoms with Gasteiger partial charge in [0.15, 0.2) is 0 Å². The molecule has 0 heterocycles. The molecule has 0 atom stereocenters. The van der Waals surface area contributed by atoms with E-state index >= 15 is 0 Å². The molecule has 0 aromatic carbocycles. The molecule has 0 aromatic heterocycles. The van der Waals surface area contributed by atoms with Crippen molar-refractivity contribution >= 4 is 6.09 Å². The Labute approximate surface area is 74.5 Å². The van der Waals surface area contributed by atoms with E-state index in [1.807, 2.05) is 0 Å². The van der Waals surface area contributed by atoms with Crippen LogP contribution in [0.25, 0.3) is 0 Å². The molecular weight excluding hydrogens is 187 g/mol. The van der Waals surface area contributed by atoms with Gasteiger partial charge in [-0.1, -0.05) is 0 Å². The first-order chi connectivity index (χ1) is 5.78. The molecule has 3 nitrogen and oxygen atoms in total. The zero-order chi connectivity index (χ0) is 10.6. The van der Waals surface area contributed by atoms with Gasteiger partial charge in [-0.05, 0) is 13.8 Å². The van der Waals surface area contributed by atoms with E-state index in [1.54, 1.807) is 0 Å². The van der Waals surface area contributed by atoms with E-state index in [0.717, 1.165) is 7.11 Å². The molecule has 0 aliphatic carbocycles. The summed E-state index contributed by atoms with van der Waals surface area (Å²) in [5.41, 5.74) is 0. The highest BCUT2D eigenvalue weighted by Crippen LogP contribution is 2.18. The van der Waals surface area contributed by atoms with Gasteiger partial charge in [0.2, 0.25) is 0 Å². The minimum absolute atomic E-state index is 0.533. The Kier molecular flexibility index (Phi) is 4.03. The second-order valence-corrected chi connectivity index (χ2v) is 2.81. The third-order valence-corrected chi connectivity index (χ3v) is 1.38. The highest BCUT2D eigenvalue weighted by atomic mass is 19.4. The first-order valence-electron chi connectivity index (χ1n) is 3.69. The second kappa shape index (κ2) is 4.34. The summed E-state index contributed by atoms with van der Waals surface area (Å²) in [5.74, 6) is 0. The summed E-state index contributed by atoms with van der Waals surface area (Å²) < 4.78 is 39.9. The summed E-state index contributed by atoms with van der Waals surface area (Å²) in [6.45, 7) is 1.70. The van der Waals surface area contributed by atoms with Crippen LogP contribution in [0.5, 0.6) is 0 Å². The van der Waals surface area contributed by atoms with Crippen molar-refractivity contribution in [3.63, 3.8) is 0 Å². The Morgan fingerprint density at radius 3 is 2.15 bits per heavy atom. The van der Waals surface area contributed by atoms with E-state index in [4.69, 9.17) is 0 Å². The number of halogens is 3. The van der Waals surface area contributed by atoms with Gasteiger partial charge in [-0.15, -0.1) is 0 Å². The monoisotopic (exact) mass is 199 g/mol. The Balaban J connectivity index is 4.36. The number of methoxy groups -OCH3 is 1. The van der Waals surface area contributed by atoms with Crippen LogP contribution in [0, 0.1) is 0 Å². The van der Waals surface area contributed by atoms with E-state index < -0.39 is 24.9 Å². The molecule has 13 heavy (non-hydrogen) atoms. The maximum atomic E-state index is 11.9. The highest BCUT2D eigenvalue weighted by molar-refractivity contribution is 5.67. The molecule has 0 N–H and O–H groups in total. The van der Waals surface area contributed by atoms with Crippen molar-refractivity contribution in [3.8, 4) is 0 Å². The molecule has 0 fully saturated rings. The number of carbonyl (C=O) groups excluding carboxylic acids is 1. The van der Waals surface area contributed by atoms with Gasteiger partial charge in [0.05, 0.1) is 7.11 Å². The largest absolute Gasteiger partial charge is 0.453 e. The van der Waals surface area contributed by atoms with Crippen LogP contribution in [-0.4, -0.2) is 36.9 Å². The quantitative estimate of drug-likeness (QED) is 0.680. The normalized spacial score (nSPS) is 11.6. The van der Waals surface area contributed by atoms with Crippen LogP contribution in [0.1, 0.15) is 13.8 Å². The molecule has 0 saturated heterocycles. The molecule has 0 aromatic rings. The van der Waals surface area contributed by atoms with Gasteiger partial charge in [-0.3, -0.25) is 4.90 Å². The first-order valence-corrected chi connectivity index (χ1v) is 3.69. The first kappa shape index (κ1) is 12.1. The van der Waals surface area contributed by atoms with Crippen molar-refractivity contribution in [2.75, 3.05) is 13.7 Å². The van der Waals surface area contributed by atoms with Crippen molar-refractivity contribution in [2.24, 2.45) is 0 Å². The van der Waals surface area contributed by atoms with E-state index in [2.05, 4.69) is 4.74 Å². The predicted molar refractivity (Wildman–Crippen MR) is 40.3 cm³/mol. The fraction of sp³-hybridized carbons (Fsp3) is 0.857. The number of rotatable bonds is 2. The fourth-order valence-corrected chi connectivity index (χ4v) is 0.768. The standard InChI is InChI=1S/C7H12F3NO2/c1-5(2)11(6(12)13-3)4-7(8,9)10/h5H,4H2,1-3H3. The molecule has 1 amide bonds. The molecule has 0 aliphatic heterocycles. The van der Waals surface area contributed by atoms with Crippen LogP contribution in [-0.2, 0) is 4.74 Å². The summed E-state index contributed by atoms with van der Waals surface area (Å²) in [6.07, 6.45) is -5.36. The summed E-state index contributed by atoms with van der Waals surface area (Å²) >= 11 is 0. The van der Waals surface area contributed by atoms with Crippen LogP contribution >= 0.6 is 0 Å². The van der Waals surface area contributed by atoms with Gasteiger partial charge >= 0.3 is 12.3 Å². The summed E-state index contributed by atoms with van der Waals surface area (Å²) in [7, 11) is 1.05. The maximum absolute atomic E-state index is 11.9. The predicted octanol–water partition coefficient (Wildman–Crippen LogP) is 2.03. The Bertz CT molecular complexity index is 179.